The summed E-state index contributed by atoms with van der Waals surface area (Å²) in [6, 6.07) is 54.1. The van der Waals surface area contributed by atoms with E-state index in [1.165, 1.54) is 44.3 Å². The first-order valence-electron chi connectivity index (χ1n) is 16.5. The molecular weight excluding hydrogens is 572 g/mol. The molecule has 2 heteroatoms. The van der Waals surface area contributed by atoms with E-state index in [-0.39, 0.29) is 11.2 Å². The molecule has 0 aromatic heterocycles. The number of benzene rings is 7. The number of phenolic OH excluding ortho intramolecular Hbond substituents is 1. The number of ether oxygens (including phenoxy) is 1. The van der Waals surface area contributed by atoms with E-state index >= 15 is 0 Å². The maximum Gasteiger partial charge on any atom is 0.119 e. The smallest absolute Gasteiger partial charge is 0.119 e. The first-order chi connectivity index (χ1) is 22.8. The molecule has 230 valence electrons. The molecule has 0 spiro atoms. The van der Waals surface area contributed by atoms with Crippen LogP contribution in [0, 0.1) is 5.41 Å². The SMILES string of the molecule is CC(c1ccccc1)C(C)(C)COc1ccc2cc(C3(c4ccc5cc(O)ccc5c4)c4ccccc4-c4ccccc43)ccc2c1. The van der Waals surface area contributed by atoms with Gasteiger partial charge in [0, 0.05) is 5.41 Å². The summed E-state index contributed by atoms with van der Waals surface area (Å²) in [6.07, 6.45) is 0. The zero-order valence-electron chi connectivity index (χ0n) is 27.1. The van der Waals surface area contributed by atoms with E-state index in [4.69, 9.17) is 4.74 Å². The lowest BCUT2D eigenvalue weighted by molar-refractivity contribution is 0.155. The second kappa shape index (κ2) is 11.2. The highest BCUT2D eigenvalue weighted by Crippen LogP contribution is 2.56. The van der Waals surface area contributed by atoms with E-state index in [1.807, 2.05) is 12.1 Å². The summed E-state index contributed by atoms with van der Waals surface area (Å²) in [7, 11) is 0. The zero-order chi connectivity index (χ0) is 32.2. The first-order valence-corrected chi connectivity index (χ1v) is 16.5. The Kier molecular flexibility index (Phi) is 6.91. The van der Waals surface area contributed by atoms with Crippen molar-refractivity contribution in [2.75, 3.05) is 6.61 Å². The van der Waals surface area contributed by atoms with Gasteiger partial charge < -0.3 is 9.84 Å². The third kappa shape index (κ3) is 4.79. The monoisotopic (exact) mass is 610 g/mol. The Morgan fingerprint density at radius 2 is 1.09 bits per heavy atom. The van der Waals surface area contributed by atoms with Crippen LogP contribution in [0.4, 0.5) is 0 Å². The van der Waals surface area contributed by atoms with Gasteiger partial charge in [-0.15, -0.1) is 0 Å². The zero-order valence-corrected chi connectivity index (χ0v) is 27.1. The Morgan fingerprint density at radius 1 is 0.574 bits per heavy atom. The molecule has 0 bridgehead atoms. The van der Waals surface area contributed by atoms with Crippen LogP contribution in [-0.2, 0) is 5.41 Å². The fourth-order valence-electron chi connectivity index (χ4n) is 7.62. The molecule has 0 heterocycles. The van der Waals surface area contributed by atoms with Gasteiger partial charge in [0.25, 0.3) is 0 Å². The molecule has 7 aromatic carbocycles. The average molecular weight is 611 g/mol. The van der Waals surface area contributed by atoms with Crippen molar-refractivity contribution in [1.29, 1.82) is 0 Å². The number of aromatic hydroxyl groups is 1. The summed E-state index contributed by atoms with van der Waals surface area (Å²) in [5.41, 5.74) is 8.35. The van der Waals surface area contributed by atoms with Gasteiger partial charge in [-0.2, -0.15) is 0 Å². The molecule has 0 radical (unpaired) electrons. The van der Waals surface area contributed by atoms with E-state index in [1.54, 1.807) is 6.07 Å². The summed E-state index contributed by atoms with van der Waals surface area (Å²) < 4.78 is 6.47. The van der Waals surface area contributed by atoms with Crippen LogP contribution in [0.1, 0.15) is 54.5 Å². The van der Waals surface area contributed by atoms with Crippen molar-refractivity contribution in [2.24, 2.45) is 5.41 Å². The topological polar surface area (TPSA) is 29.5 Å². The van der Waals surface area contributed by atoms with Gasteiger partial charge in [0.15, 0.2) is 0 Å². The van der Waals surface area contributed by atoms with Crippen LogP contribution in [0.2, 0.25) is 0 Å². The molecule has 0 saturated carbocycles. The molecule has 1 N–H and O–H groups in total. The first kappa shape index (κ1) is 29.1. The molecule has 0 saturated heterocycles. The van der Waals surface area contributed by atoms with Gasteiger partial charge in [-0.3, -0.25) is 0 Å². The quantitative estimate of drug-likeness (QED) is 0.195. The fraction of sp³-hybridized carbons (Fsp3) is 0.156. The number of rotatable bonds is 7. The fourth-order valence-corrected chi connectivity index (χ4v) is 7.62. The van der Waals surface area contributed by atoms with E-state index in [2.05, 4.69) is 154 Å². The highest BCUT2D eigenvalue weighted by molar-refractivity contribution is 5.92. The minimum atomic E-state index is -0.500. The van der Waals surface area contributed by atoms with Gasteiger partial charge in [-0.05, 0) is 103 Å². The molecule has 1 aliphatic carbocycles. The van der Waals surface area contributed by atoms with Crippen molar-refractivity contribution in [3.05, 3.63) is 179 Å². The van der Waals surface area contributed by atoms with Gasteiger partial charge in [0.2, 0.25) is 0 Å². The van der Waals surface area contributed by atoms with Crippen molar-refractivity contribution >= 4 is 21.5 Å². The Balaban J connectivity index is 1.22. The molecule has 47 heavy (non-hydrogen) atoms. The number of phenols is 1. The predicted molar refractivity (Wildman–Crippen MR) is 195 cm³/mol. The van der Waals surface area contributed by atoms with Gasteiger partial charge in [-0.25, -0.2) is 0 Å². The summed E-state index contributed by atoms with van der Waals surface area (Å²) in [5.74, 6) is 1.53. The lowest BCUT2D eigenvalue weighted by Crippen LogP contribution is -2.28. The van der Waals surface area contributed by atoms with Crippen molar-refractivity contribution in [2.45, 2.75) is 32.1 Å². The summed E-state index contributed by atoms with van der Waals surface area (Å²) >= 11 is 0. The Labute approximate surface area is 276 Å². The van der Waals surface area contributed by atoms with Gasteiger partial charge in [-0.1, -0.05) is 136 Å². The van der Waals surface area contributed by atoms with Crippen molar-refractivity contribution < 1.29 is 9.84 Å². The third-order valence-corrected chi connectivity index (χ3v) is 10.5. The van der Waals surface area contributed by atoms with Crippen LogP contribution in [0.5, 0.6) is 11.5 Å². The minimum Gasteiger partial charge on any atom is -0.508 e. The predicted octanol–water partition coefficient (Wildman–Crippen LogP) is 11.3. The molecular formula is C45H38O2. The molecule has 0 fully saturated rings. The van der Waals surface area contributed by atoms with E-state index in [0.29, 0.717) is 12.5 Å². The van der Waals surface area contributed by atoms with Crippen molar-refractivity contribution in [3.63, 3.8) is 0 Å². The summed E-state index contributed by atoms with van der Waals surface area (Å²) in [4.78, 5) is 0. The lowest BCUT2D eigenvalue weighted by Gasteiger charge is -2.34. The standard InChI is InChI=1S/C45H38O2/c1-30(31-11-5-4-6-12-31)44(2,3)29-47-39-24-20-33-26-37(22-18-35(33)28-39)45(36-21-17-34-27-38(46)23-19-32(34)25-36)42-15-9-7-13-40(42)41-14-8-10-16-43(41)45/h4-28,30,46H,29H2,1-3H3. The molecule has 1 unspecified atom stereocenters. The number of hydrogen-bond donors (Lipinski definition) is 1. The summed E-state index contributed by atoms with van der Waals surface area (Å²) in [6.45, 7) is 7.48. The third-order valence-electron chi connectivity index (χ3n) is 10.5. The van der Waals surface area contributed by atoms with Crippen LogP contribution in [0.25, 0.3) is 32.7 Å². The van der Waals surface area contributed by atoms with E-state index in [9.17, 15) is 5.11 Å². The van der Waals surface area contributed by atoms with E-state index < -0.39 is 5.41 Å². The van der Waals surface area contributed by atoms with Gasteiger partial charge in [0.05, 0.1) is 12.0 Å². The molecule has 0 aliphatic heterocycles. The largest absolute Gasteiger partial charge is 0.508 e. The average Bonchev–Trinajstić information content (AvgIpc) is 3.41. The molecule has 7 aromatic rings. The van der Waals surface area contributed by atoms with Crippen molar-refractivity contribution in [3.8, 4) is 22.6 Å². The van der Waals surface area contributed by atoms with Crippen LogP contribution in [0.15, 0.2) is 152 Å². The summed E-state index contributed by atoms with van der Waals surface area (Å²) in [5, 5.41) is 14.6. The number of fused-ring (bicyclic) bond motifs is 5. The van der Waals surface area contributed by atoms with Gasteiger partial charge >= 0.3 is 0 Å². The molecule has 1 aliphatic rings. The van der Waals surface area contributed by atoms with Crippen LogP contribution in [-0.4, -0.2) is 11.7 Å². The van der Waals surface area contributed by atoms with Crippen LogP contribution in [0.3, 0.4) is 0 Å². The number of hydrogen-bond acceptors (Lipinski definition) is 2. The molecule has 0 amide bonds. The molecule has 1 atom stereocenters. The highest BCUT2D eigenvalue weighted by atomic mass is 16.5. The highest BCUT2D eigenvalue weighted by Gasteiger charge is 2.46. The Bertz CT molecular complexity index is 2220. The maximum atomic E-state index is 10.2. The van der Waals surface area contributed by atoms with Gasteiger partial charge in [0.1, 0.15) is 11.5 Å². The Hall–Kier alpha value is -5.34. The molecule has 8 rings (SSSR count). The van der Waals surface area contributed by atoms with Crippen molar-refractivity contribution in [1.82, 2.24) is 0 Å². The molecule has 2 nitrogen and oxygen atoms in total. The minimum absolute atomic E-state index is 0.0333. The lowest BCUT2D eigenvalue weighted by atomic mass is 9.67. The maximum absolute atomic E-state index is 10.2. The normalized spacial score (nSPS) is 14.1. The van der Waals surface area contributed by atoms with Crippen LogP contribution >= 0.6 is 0 Å². The van der Waals surface area contributed by atoms with Crippen LogP contribution < -0.4 is 4.74 Å². The second-order valence-corrected chi connectivity index (χ2v) is 13.7. The second-order valence-electron chi connectivity index (χ2n) is 13.7. The van der Waals surface area contributed by atoms with E-state index in [0.717, 1.165) is 21.9 Å². The Morgan fingerprint density at radius 3 is 1.72 bits per heavy atom.